The number of benzene rings is 1. The van der Waals surface area contributed by atoms with Crippen molar-refractivity contribution >= 4 is 40.4 Å². The van der Waals surface area contributed by atoms with Gasteiger partial charge in [0.15, 0.2) is 5.60 Å². The standard InChI is InChI=1S/C20H17ClN4OS/c1-20(26,18-15(21)7-11-27-18)8-4-13-2-3-14-6-10-25(16(14)12-13)17-5-9-23-19(22)24-17/h2-3,5,7,9,11-12,26H,6,10H2,1H3,(H2,22,23,24). The first-order chi connectivity index (χ1) is 12.9. The Bertz CT molecular complexity index is 1070. The Hall–Kier alpha value is -2.59. The highest BCUT2D eigenvalue weighted by molar-refractivity contribution is 7.10. The van der Waals surface area contributed by atoms with E-state index in [-0.39, 0.29) is 5.95 Å². The number of fused-ring (bicyclic) bond motifs is 1. The molecule has 4 rings (SSSR count). The molecule has 7 heteroatoms. The van der Waals surface area contributed by atoms with Crippen LogP contribution in [0.5, 0.6) is 0 Å². The van der Waals surface area contributed by atoms with Gasteiger partial charge in [-0.2, -0.15) is 4.98 Å². The highest BCUT2D eigenvalue weighted by Crippen LogP contribution is 2.35. The van der Waals surface area contributed by atoms with E-state index in [0.29, 0.717) is 9.90 Å². The van der Waals surface area contributed by atoms with Gasteiger partial charge in [-0.3, -0.25) is 0 Å². The van der Waals surface area contributed by atoms with Crippen LogP contribution in [0.3, 0.4) is 0 Å². The molecule has 0 aliphatic carbocycles. The highest BCUT2D eigenvalue weighted by atomic mass is 35.5. The topological polar surface area (TPSA) is 75.3 Å². The number of aromatic nitrogens is 2. The van der Waals surface area contributed by atoms with Crippen LogP contribution in [0.1, 0.15) is 22.9 Å². The van der Waals surface area contributed by atoms with Gasteiger partial charge in [0.25, 0.3) is 0 Å². The maximum absolute atomic E-state index is 10.7. The van der Waals surface area contributed by atoms with Gasteiger partial charge in [-0.05, 0) is 48.6 Å². The molecular weight excluding hydrogens is 380 g/mol. The summed E-state index contributed by atoms with van der Waals surface area (Å²) in [4.78, 5) is 11.0. The molecule has 3 aromatic rings. The summed E-state index contributed by atoms with van der Waals surface area (Å²) in [5.41, 5.74) is 7.51. The van der Waals surface area contributed by atoms with E-state index >= 15 is 0 Å². The fourth-order valence-corrected chi connectivity index (χ4v) is 4.36. The average Bonchev–Trinajstić information content (AvgIpc) is 3.26. The van der Waals surface area contributed by atoms with Crippen LogP contribution in [-0.4, -0.2) is 21.6 Å². The Morgan fingerprint density at radius 3 is 2.93 bits per heavy atom. The summed E-state index contributed by atoms with van der Waals surface area (Å²) >= 11 is 7.53. The van der Waals surface area contributed by atoms with Crippen molar-refractivity contribution in [1.29, 1.82) is 0 Å². The number of hydrogen-bond donors (Lipinski definition) is 2. The molecule has 136 valence electrons. The zero-order chi connectivity index (χ0) is 19.0. The van der Waals surface area contributed by atoms with Gasteiger partial charge in [0.05, 0.1) is 9.90 Å². The van der Waals surface area contributed by atoms with Gasteiger partial charge in [-0.15, -0.1) is 11.3 Å². The van der Waals surface area contributed by atoms with E-state index in [1.807, 2.05) is 23.6 Å². The van der Waals surface area contributed by atoms with Crippen molar-refractivity contribution in [3.05, 3.63) is 62.9 Å². The van der Waals surface area contributed by atoms with Crippen LogP contribution in [0.25, 0.3) is 0 Å². The number of nitrogens with zero attached hydrogens (tertiary/aromatic N) is 3. The number of aliphatic hydroxyl groups is 1. The lowest BCUT2D eigenvalue weighted by Gasteiger charge is -2.18. The molecule has 3 N–H and O–H groups in total. The quantitative estimate of drug-likeness (QED) is 0.645. The zero-order valence-electron chi connectivity index (χ0n) is 14.6. The molecule has 0 fully saturated rings. The summed E-state index contributed by atoms with van der Waals surface area (Å²) in [6, 6.07) is 9.65. The lowest BCUT2D eigenvalue weighted by atomic mass is 10.0. The largest absolute Gasteiger partial charge is 0.373 e. The van der Waals surface area contributed by atoms with Crippen LogP contribution in [0.2, 0.25) is 5.02 Å². The van der Waals surface area contributed by atoms with Crippen LogP contribution in [0, 0.1) is 11.8 Å². The van der Waals surface area contributed by atoms with E-state index in [9.17, 15) is 5.11 Å². The summed E-state index contributed by atoms with van der Waals surface area (Å²) in [6.07, 6.45) is 2.58. The summed E-state index contributed by atoms with van der Waals surface area (Å²) < 4.78 is 0. The molecule has 1 aliphatic heterocycles. The predicted octanol–water partition coefficient (Wildman–Crippen LogP) is 3.73. The number of rotatable bonds is 2. The van der Waals surface area contributed by atoms with E-state index in [0.717, 1.165) is 30.0 Å². The number of thiophene rings is 1. The molecule has 0 saturated carbocycles. The highest BCUT2D eigenvalue weighted by Gasteiger charge is 2.25. The molecule has 0 saturated heterocycles. The summed E-state index contributed by atoms with van der Waals surface area (Å²) in [7, 11) is 0. The molecule has 0 bridgehead atoms. The van der Waals surface area contributed by atoms with E-state index in [1.165, 1.54) is 16.9 Å². The Kier molecular flexibility index (Phi) is 4.52. The molecule has 0 radical (unpaired) electrons. The van der Waals surface area contributed by atoms with Crippen molar-refractivity contribution in [2.75, 3.05) is 17.2 Å². The van der Waals surface area contributed by atoms with E-state index < -0.39 is 5.60 Å². The fourth-order valence-electron chi connectivity index (χ4n) is 3.10. The van der Waals surface area contributed by atoms with Gasteiger partial charge >= 0.3 is 0 Å². The number of nitrogens with two attached hydrogens (primary N) is 1. The minimum absolute atomic E-state index is 0.251. The molecule has 1 aliphatic rings. The van der Waals surface area contributed by atoms with E-state index in [4.69, 9.17) is 17.3 Å². The number of nitrogen functional groups attached to an aromatic ring is 1. The smallest absolute Gasteiger partial charge is 0.221 e. The molecule has 0 amide bonds. The van der Waals surface area contributed by atoms with Gasteiger partial charge in [0.1, 0.15) is 5.82 Å². The van der Waals surface area contributed by atoms with Crippen molar-refractivity contribution < 1.29 is 5.11 Å². The Labute approximate surface area is 166 Å². The molecule has 3 heterocycles. The van der Waals surface area contributed by atoms with Gasteiger partial charge in [-0.1, -0.05) is 29.5 Å². The number of hydrogen-bond acceptors (Lipinski definition) is 6. The maximum Gasteiger partial charge on any atom is 0.221 e. The minimum Gasteiger partial charge on any atom is -0.373 e. The third-order valence-electron chi connectivity index (χ3n) is 4.43. The molecular formula is C20H17ClN4OS. The summed E-state index contributed by atoms with van der Waals surface area (Å²) in [6.45, 7) is 2.48. The van der Waals surface area contributed by atoms with Crippen LogP contribution in [-0.2, 0) is 12.0 Å². The SMILES string of the molecule is CC(O)(C#Cc1ccc2c(c1)N(c1ccnc(N)n1)CC2)c1sccc1Cl. The van der Waals surface area contributed by atoms with Crippen molar-refractivity contribution in [3.8, 4) is 11.8 Å². The predicted molar refractivity (Wildman–Crippen MR) is 109 cm³/mol. The zero-order valence-corrected chi connectivity index (χ0v) is 16.2. The van der Waals surface area contributed by atoms with Gasteiger partial charge in [0.2, 0.25) is 5.95 Å². The Morgan fingerprint density at radius 1 is 1.33 bits per heavy atom. The molecule has 2 aromatic heterocycles. The summed E-state index contributed by atoms with van der Waals surface area (Å²) in [5, 5.41) is 13.1. The molecule has 1 aromatic carbocycles. The third kappa shape index (κ3) is 3.50. The minimum atomic E-state index is -1.30. The number of anilines is 3. The van der Waals surface area contributed by atoms with Crippen molar-refractivity contribution in [1.82, 2.24) is 9.97 Å². The third-order valence-corrected chi connectivity index (χ3v) is 5.98. The molecule has 1 unspecified atom stereocenters. The molecule has 0 spiro atoms. The van der Waals surface area contributed by atoms with Gasteiger partial charge in [-0.25, -0.2) is 4.98 Å². The first-order valence-electron chi connectivity index (χ1n) is 8.42. The van der Waals surface area contributed by atoms with E-state index in [2.05, 4.69) is 32.8 Å². The maximum atomic E-state index is 10.7. The van der Waals surface area contributed by atoms with E-state index in [1.54, 1.807) is 19.2 Å². The molecule has 27 heavy (non-hydrogen) atoms. The average molecular weight is 397 g/mol. The fraction of sp³-hybridized carbons (Fsp3) is 0.200. The van der Waals surface area contributed by atoms with Crippen molar-refractivity contribution in [3.63, 3.8) is 0 Å². The lowest BCUT2D eigenvalue weighted by Crippen LogP contribution is -2.17. The lowest BCUT2D eigenvalue weighted by molar-refractivity contribution is 0.126. The molecule has 1 atom stereocenters. The van der Waals surface area contributed by atoms with Crippen molar-refractivity contribution in [2.45, 2.75) is 18.9 Å². The van der Waals surface area contributed by atoms with Crippen LogP contribution in [0.15, 0.2) is 41.9 Å². The number of halogens is 1. The Morgan fingerprint density at radius 2 is 2.19 bits per heavy atom. The first kappa shape index (κ1) is 17.8. The second-order valence-corrected chi connectivity index (χ2v) is 7.76. The molecule has 5 nitrogen and oxygen atoms in total. The monoisotopic (exact) mass is 396 g/mol. The normalized spacial score (nSPS) is 15.0. The Balaban J connectivity index is 1.66. The van der Waals surface area contributed by atoms with Crippen LogP contribution < -0.4 is 10.6 Å². The second-order valence-electron chi connectivity index (χ2n) is 6.44. The van der Waals surface area contributed by atoms with Crippen molar-refractivity contribution in [2.24, 2.45) is 0 Å². The summed E-state index contributed by atoms with van der Waals surface area (Å²) in [5.74, 6) is 7.04. The van der Waals surface area contributed by atoms with Gasteiger partial charge < -0.3 is 15.7 Å². The van der Waals surface area contributed by atoms with Crippen LogP contribution >= 0.6 is 22.9 Å². The van der Waals surface area contributed by atoms with Gasteiger partial charge in [0, 0.05) is 24.0 Å². The van der Waals surface area contributed by atoms with Crippen LogP contribution in [0.4, 0.5) is 17.5 Å². The second kappa shape index (κ2) is 6.86. The first-order valence-corrected chi connectivity index (χ1v) is 9.68.